The van der Waals surface area contributed by atoms with Crippen LogP contribution in [0.15, 0.2) is 35.2 Å². The number of aliphatic carboxylic acids is 1. The Hall–Kier alpha value is -0.960. The summed E-state index contributed by atoms with van der Waals surface area (Å²) in [5.41, 5.74) is -0.666. The molecule has 0 atom stereocenters. The molecule has 76 valence electrons. The van der Waals surface area contributed by atoms with E-state index in [0.29, 0.717) is 5.75 Å². The second-order valence-electron chi connectivity index (χ2n) is 3.79. The van der Waals surface area contributed by atoms with Crippen molar-refractivity contribution in [1.29, 1.82) is 0 Å². The van der Waals surface area contributed by atoms with Crippen LogP contribution in [0.3, 0.4) is 0 Å². The predicted molar refractivity (Wildman–Crippen MR) is 58.6 cm³/mol. The third kappa shape index (κ3) is 3.07. The van der Waals surface area contributed by atoms with Crippen molar-refractivity contribution in [2.75, 3.05) is 5.75 Å². The third-order valence-corrected chi connectivity index (χ3v) is 3.39. The van der Waals surface area contributed by atoms with E-state index in [-0.39, 0.29) is 0 Å². The van der Waals surface area contributed by atoms with Gasteiger partial charge < -0.3 is 5.11 Å². The van der Waals surface area contributed by atoms with Crippen LogP contribution in [0.25, 0.3) is 0 Å². The number of thioether (sulfide) groups is 1. The van der Waals surface area contributed by atoms with Crippen molar-refractivity contribution in [3.05, 3.63) is 30.3 Å². The highest BCUT2D eigenvalue weighted by Crippen LogP contribution is 2.27. The molecule has 0 aliphatic heterocycles. The molecular formula is C11H14O2S. The van der Waals surface area contributed by atoms with Crippen LogP contribution in [-0.2, 0) is 4.79 Å². The number of carbonyl (C=O) groups is 1. The molecule has 0 aliphatic carbocycles. The Morgan fingerprint density at radius 3 is 2.43 bits per heavy atom. The number of carboxylic acid groups (broad SMARTS) is 1. The number of hydrogen-bond donors (Lipinski definition) is 1. The maximum atomic E-state index is 10.8. The fourth-order valence-electron chi connectivity index (χ4n) is 0.842. The minimum absolute atomic E-state index is 0.590. The van der Waals surface area contributed by atoms with Crippen molar-refractivity contribution in [2.45, 2.75) is 18.7 Å². The molecular weight excluding hydrogens is 196 g/mol. The molecule has 1 aromatic carbocycles. The fourth-order valence-corrected chi connectivity index (χ4v) is 1.84. The van der Waals surface area contributed by atoms with E-state index in [1.54, 1.807) is 25.6 Å². The summed E-state index contributed by atoms with van der Waals surface area (Å²) in [5, 5.41) is 8.91. The maximum Gasteiger partial charge on any atom is 0.309 e. The van der Waals surface area contributed by atoms with E-state index in [0.717, 1.165) is 4.90 Å². The monoisotopic (exact) mass is 210 g/mol. The lowest BCUT2D eigenvalue weighted by molar-refractivity contribution is -0.145. The van der Waals surface area contributed by atoms with Crippen molar-refractivity contribution in [3.8, 4) is 0 Å². The van der Waals surface area contributed by atoms with Crippen LogP contribution in [-0.4, -0.2) is 16.8 Å². The molecule has 0 aliphatic rings. The quantitative estimate of drug-likeness (QED) is 0.776. The minimum Gasteiger partial charge on any atom is -0.481 e. The van der Waals surface area contributed by atoms with Gasteiger partial charge in [0.1, 0.15) is 0 Å². The van der Waals surface area contributed by atoms with E-state index >= 15 is 0 Å². The zero-order chi connectivity index (χ0) is 10.6. The summed E-state index contributed by atoms with van der Waals surface area (Å²) < 4.78 is 0. The van der Waals surface area contributed by atoms with E-state index in [1.807, 2.05) is 30.3 Å². The Labute approximate surface area is 88.3 Å². The number of benzene rings is 1. The van der Waals surface area contributed by atoms with Crippen LogP contribution in [0.5, 0.6) is 0 Å². The Morgan fingerprint density at radius 2 is 1.93 bits per heavy atom. The molecule has 0 spiro atoms. The second kappa shape index (κ2) is 4.51. The highest BCUT2D eigenvalue weighted by Gasteiger charge is 2.26. The molecule has 0 saturated carbocycles. The van der Waals surface area contributed by atoms with Gasteiger partial charge in [-0.3, -0.25) is 4.79 Å². The molecule has 0 amide bonds. The first-order valence-corrected chi connectivity index (χ1v) is 5.42. The smallest absolute Gasteiger partial charge is 0.309 e. The molecule has 1 aromatic rings. The van der Waals surface area contributed by atoms with Crippen LogP contribution in [0, 0.1) is 5.41 Å². The first kappa shape index (κ1) is 11.1. The maximum absolute atomic E-state index is 10.8. The molecule has 0 aromatic heterocycles. The standard InChI is InChI=1S/C11H14O2S/c1-11(2,10(12)13)8-14-9-6-4-3-5-7-9/h3-7H,8H2,1-2H3,(H,12,13). The minimum atomic E-state index is -0.749. The summed E-state index contributed by atoms with van der Waals surface area (Å²) in [6.07, 6.45) is 0. The lowest BCUT2D eigenvalue weighted by Crippen LogP contribution is -2.26. The molecule has 14 heavy (non-hydrogen) atoms. The molecule has 0 fully saturated rings. The van der Waals surface area contributed by atoms with Crippen molar-refractivity contribution < 1.29 is 9.90 Å². The van der Waals surface area contributed by atoms with Crippen molar-refractivity contribution in [2.24, 2.45) is 5.41 Å². The van der Waals surface area contributed by atoms with Crippen molar-refractivity contribution in [3.63, 3.8) is 0 Å². The van der Waals surface area contributed by atoms with Gasteiger partial charge in [0, 0.05) is 10.6 Å². The van der Waals surface area contributed by atoms with Crippen molar-refractivity contribution in [1.82, 2.24) is 0 Å². The second-order valence-corrected chi connectivity index (χ2v) is 4.84. The average molecular weight is 210 g/mol. The number of carboxylic acids is 1. The zero-order valence-corrected chi connectivity index (χ0v) is 9.17. The van der Waals surface area contributed by atoms with Gasteiger partial charge in [-0.15, -0.1) is 11.8 Å². The molecule has 0 unspecified atom stereocenters. The summed E-state index contributed by atoms with van der Waals surface area (Å²) in [4.78, 5) is 11.9. The first-order valence-electron chi connectivity index (χ1n) is 4.43. The van der Waals surface area contributed by atoms with Gasteiger partial charge in [-0.1, -0.05) is 18.2 Å². The van der Waals surface area contributed by atoms with Gasteiger partial charge in [-0.2, -0.15) is 0 Å². The van der Waals surface area contributed by atoms with Gasteiger partial charge in [-0.05, 0) is 26.0 Å². The van der Waals surface area contributed by atoms with Crippen LogP contribution in [0.1, 0.15) is 13.8 Å². The van der Waals surface area contributed by atoms with Gasteiger partial charge in [-0.25, -0.2) is 0 Å². The van der Waals surface area contributed by atoms with Gasteiger partial charge >= 0.3 is 5.97 Å². The fraction of sp³-hybridized carbons (Fsp3) is 0.364. The largest absolute Gasteiger partial charge is 0.481 e. The topological polar surface area (TPSA) is 37.3 Å². The molecule has 0 radical (unpaired) electrons. The Morgan fingerprint density at radius 1 is 1.36 bits per heavy atom. The van der Waals surface area contributed by atoms with Gasteiger partial charge in [0.25, 0.3) is 0 Å². The third-order valence-electron chi connectivity index (χ3n) is 1.92. The van der Waals surface area contributed by atoms with Crippen LogP contribution < -0.4 is 0 Å². The van der Waals surface area contributed by atoms with Crippen LogP contribution in [0.2, 0.25) is 0 Å². The summed E-state index contributed by atoms with van der Waals surface area (Å²) in [7, 11) is 0. The lowest BCUT2D eigenvalue weighted by Gasteiger charge is -2.17. The first-order chi connectivity index (χ1) is 6.52. The Balaban J connectivity index is 2.53. The molecule has 0 bridgehead atoms. The predicted octanol–water partition coefficient (Wildman–Crippen LogP) is 2.89. The molecule has 1 N–H and O–H groups in total. The Bertz CT molecular complexity index is 306. The van der Waals surface area contributed by atoms with E-state index in [1.165, 1.54) is 0 Å². The molecule has 3 heteroatoms. The molecule has 1 rings (SSSR count). The normalized spacial score (nSPS) is 11.3. The summed E-state index contributed by atoms with van der Waals surface area (Å²) in [6.45, 7) is 3.48. The zero-order valence-electron chi connectivity index (χ0n) is 8.36. The van der Waals surface area contributed by atoms with Gasteiger partial charge in [0.05, 0.1) is 5.41 Å². The highest BCUT2D eigenvalue weighted by molar-refractivity contribution is 7.99. The average Bonchev–Trinajstić information content (AvgIpc) is 2.16. The van der Waals surface area contributed by atoms with E-state index < -0.39 is 11.4 Å². The molecule has 0 heterocycles. The summed E-state index contributed by atoms with van der Waals surface area (Å²) >= 11 is 1.57. The van der Waals surface area contributed by atoms with E-state index in [2.05, 4.69) is 0 Å². The summed E-state index contributed by atoms with van der Waals surface area (Å²) in [5.74, 6) is -0.160. The lowest BCUT2D eigenvalue weighted by atomic mass is 9.97. The summed E-state index contributed by atoms with van der Waals surface area (Å²) in [6, 6.07) is 9.84. The van der Waals surface area contributed by atoms with E-state index in [9.17, 15) is 4.79 Å². The van der Waals surface area contributed by atoms with Gasteiger partial charge in [0.15, 0.2) is 0 Å². The van der Waals surface area contributed by atoms with Crippen LogP contribution >= 0.6 is 11.8 Å². The number of rotatable bonds is 4. The van der Waals surface area contributed by atoms with Crippen molar-refractivity contribution >= 4 is 17.7 Å². The van der Waals surface area contributed by atoms with Crippen LogP contribution in [0.4, 0.5) is 0 Å². The Kier molecular flexibility index (Phi) is 3.58. The van der Waals surface area contributed by atoms with E-state index in [4.69, 9.17) is 5.11 Å². The van der Waals surface area contributed by atoms with Gasteiger partial charge in [0.2, 0.25) is 0 Å². The SMILES string of the molecule is CC(C)(CSc1ccccc1)C(=O)O. The number of hydrogen-bond acceptors (Lipinski definition) is 2. The molecule has 2 nitrogen and oxygen atoms in total. The highest BCUT2D eigenvalue weighted by atomic mass is 32.2. The molecule has 0 saturated heterocycles.